The molecule has 21 heavy (non-hydrogen) atoms. The van der Waals surface area contributed by atoms with Crippen LogP contribution in [-0.2, 0) is 16.6 Å². The number of hydrogen-bond donors (Lipinski definition) is 2. The highest BCUT2D eigenvalue weighted by Gasteiger charge is 2.19. The van der Waals surface area contributed by atoms with E-state index >= 15 is 0 Å². The van der Waals surface area contributed by atoms with Gasteiger partial charge in [0, 0.05) is 19.1 Å². The molecule has 1 atom stereocenters. The Morgan fingerprint density at radius 2 is 2.00 bits per heavy atom. The number of hydrogen-bond acceptors (Lipinski definition) is 4. The van der Waals surface area contributed by atoms with Crippen LogP contribution >= 0.6 is 11.8 Å². The SMILES string of the molecule is CC(C)NCc1ccc(S(=O)(=O)NCC2CCSC2)cc1. The van der Waals surface area contributed by atoms with Crippen LogP contribution in [0.2, 0.25) is 0 Å². The highest BCUT2D eigenvalue weighted by Crippen LogP contribution is 2.23. The van der Waals surface area contributed by atoms with Gasteiger partial charge in [-0.05, 0) is 41.5 Å². The van der Waals surface area contributed by atoms with Crippen LogP contribution in [-0.4, -0.2) is 32.5 Å². The van der Waals surface area contributed by atoms with Crippen molar-refractivity contribution in [3.05, 3.63) is 29.8 Å². The molecule has 1 aliphatic rings. The summed E-state index contributed by atoms with van der Waals surface area (Å²) in [7, 11) is -3.38. The van der Waals surface area contributed by atoms with E-state index in [9.17, 15) is 8.42 Å². The van der Waals surface area contributed by atoms with Crippen LogP contribution in [0.5, 0.6) is 0 Å². The second-order valence-electron chi connectivity index (χ2n) is 5.76. The summed E-state index contributed by atoms with van der Waals surface area (Å²) in [5, 5.41) is 3.31. The molecule has 0 saturated carbocycles. The molecule has 0 spiro atoms. The Morgan fingerprint density at radius 3 is 2.57 bits per heavy atom. The highest BCUT2D eigenvalue weighted by atomic mass is 32.2. The minimum Gasteiger partial charge on any atom is -0.310 e. The van der Waals surface area contributed by atoms with E-state index < -0.39 is 10.0 Å². The zero-order valence-electron chi connectivity index (χ0n) is 12.6. The number of thioether (sulfide) groups is 1. The first kappa shape index (κ1) is 16.8. The molecule has 2 rings (SSSR count). The van der Waals surface area contributed by atoms with Gasteiger partial charge in [-0.1, -0.05) is 26.0 Å². The Bertz CT molecular complexity index is 535. The van der Waals surface area contributed by atoms with Gasteiger partial charge in [-0.2, -0.15) is 11.8 Å². The van der Waals surface area contributed by atoms with Crippen molar-refractivity contribution in [2.24, 2.45) is 5.92 Å². The molecule has 4 nitrogen and oxygen atoms in total. The van der Waals surface area contributed by atoms with Crippen LogP contribution in [0.25, 0.3) is 0 Å². The molecule has 1 fully saturated rings. The average Bonchev–Trinajstić information content (AvgIpc) is 2.97. The van der Waals surface area contributed by atoms with E-state index in [0.29, 0.717) is 23.4 Å². The Balaban J connectivity index is 1.92. The largest absolute Gasteiger partial charge is 0.310 e. The van der Waals surface area contributed by atoms with Gasteiger partial charge in [-0.25, -0.2) is 13.1 Å². The van der Waals surface area contributed by atoms with Gasteiger partial charge in [0.05, 0.1) is 4.90 Å². The molecule has 0 bridgehead atoms. The third kappa shape index (κ3) is 5.29. The van der Waals surface area contributed by atoms with Crippen molar-refractivity contribution >= 4 is 21.8 Å². The quantitative estimate of drug-likeness (QED) is 0.806. The minimum absolute atomic E-state index is 0.349. The molecule has 2 N–H and O–H groups in total. The maximum Gasteiger partial charge on any atom is 0.240 e. The van der Waals surface area contributed by atoms with E-state index in [4.69, 9.17) is 0 Å². The lowest BCUT2D eigenvalue weighted by atomic mass is 10.1. The molecule has 1 aliphatic heterocycles. The molecule has 0 radical (unpaired) electrons. The zero-order chi connectivity index (χ0) is 15.3. The third-order valence-electron chi connectivity index (χ3n) is 3.53. The van der Waals surface area contributed by atoms with Gasteiger partial charge in [0.25, 0.3) is 0 Å². The van der Waals surface area contributed by atoms with Crippen LogP contribution in [0.3, 0.4) is 0 Å². The second-order valence-corrected chi connectivity index (χ2v) is 8.68. The first-order valence-corrected chi connectivity index (χ1v) is 10.0. The summed E-state index contributed by atoms with van der Waals surface area (Å²) in [6, 6.07) is 7.52. The Labute approximate surface area is 132 Å². The van der Waals surface area contributed by atoms with Gasteiger partial charge in [-0.3, -0.25) is 0 Å². The minimum atomic E-state index is -3.38. The van der Waals surface area contributed by atoms with Crippen molar-refractivity contribution in [3.63, 3.8) is 0 Å². The first-order valence-electron chi connectivity index (χ1n) is 7.37. The normalized spacial score (nSPS) is 19.3. The lowest BCUT2D eigenvalue weighted by molar-refractivity contribution is 0.545. The number of benzene rings is 1. The lowest BCUT2D eigenvalue weighted by Gasteiger charge is -2.12. The molecule has 118 valence electrons. The summed E-state index contributed by atoms with van der Waals surface area (Å²) in [5.74, 6) is 2.67. The fraction of sp³-hybridized carbons (Fsp3) is 0.600. The molecular formula is C15H24N2O2S2. The topological polar surface area (TPSA) is 58.2 Å². The van der Waals surface area contributed by atoms with Gasteiger partial charge in [0.1, 0.15) is 0 Å². The standard InChI is InChI=1S/C15H24N2O2S2/c1-12(2)16-9-13-3-5-15(6-4-13)21(18,19)17-10-14-7-8-20-11-14/h3-6,12,14,16-17H,7-11H2,1-2H3. The van der Waals surface area contributed by atoms with Gasteiger partial charge >= 0.3 is 0 Å². The van der Waals surface area contributed by atoms with E-state index in [2.05, 4.69) is 23.9 Å². The van der Waals surface area contributed by atoms with Gasteiger partial charge < -0.3 is 5.32 Å². The highest BCUT2D eigenvalue weighted by molar-refractivity contribution is 7.99. The Kier molecular flexibility index (Phi) is 6.10. The Morgan fingerprint density at radius 1 is 1.29 bits per heavy atom. The summed E-state index contributed by atoms with van der Waals surface area (Å²) in [6.07, 6.45) is 1.10. The molecule has 1 aromatic carbocycles. The van der Waals surface area contributed by atoms with E-state index in [1.807, 2.05) is 23.9 Å². The Hall–Kier alpha value is -0.560. The van der Waals surface area contributed by atoms with E-state index in [1.54, 1.807) is 12.1 Å². The van der Waals surface area contributed by atoms with Crippen LogP contribution in [0.4, 0.5) is 0 Å². The average molecular weight is 329 g/mol. The van der Waals surface area contributed by atoms with E-state index in [0.717, 1.165) is 30.0 Å². The van der Waals surface area contributed by atoms with Crippen molar-refractivity contribution in [1.82, 2.24) is 10.0 Å². The predicted octanol–water partition coefficient (Wildman–Crippen LogP) is 2.22. The summed E-state index contributed by atoms with van der Waals surface area (Å²) in [4.78, 5) is 0.349. The first-order chi connectivity index (χ1) is 9.97. The van der Waals surface area contributed by atoms with Crippen LogP contribution in [0.15, 0.2) is 29.2 Å². The molecule has 1 saturated heterocycles. The molecule has 0 amide bonds. The van der Waals surface area contributed by atoms with Crippen molar-refractivity contribution in [2.45, 2.75) is 37.8 Å². The van der Waals surface area contributed by atoms with E-state index in [-0.39, 0.29) is 0 Å². The third-order valence-corrected chi connectivity index (χ3v) is 6.21. The zero-order valence-corrected chi connectivity index (χ0v) is 14.3. The van der Waals surface area contributed by atoms with Crippen molar-refractivity contribution in [3.8, 4) is 0 Å². The smallest absolute Gasteiger partial charge is 0.240 e. The molecule has 0 aliphatic carbocycles. The van der Waals surface area contributed by atoms with Crippen molar-refractivity contribution in [1.29, 1.82) is 0 Å². The van der Waals surface area contributed by atoms with Gasteiger partial charge in [-0.15, -0.1) is 0 Å². The van der Waals surface area contributed by atoms with Crippen LogP contribution in [0, 0.1) is 5.92 Å². The summed E-state index contributed by atoms with van der Waals surface area (Å²) in [5.41, 5.74) is 1.09. The lowest BCUT2D eigenvalue weighted by Crippen LogP contribution is -2.29. The molecule has 0 aromatic heterocycles. The summed E-state index contributed by atoms with van der Waals surface area (Å²) >= 11 is 1.90. The molecule has 1 aromatic rings. The predicted molar refractivity (Wildman–Crippen MR) is 89.0 cm³/mol. The van der Waals surface area contributed by atoms with Crippen molar-refractivity contribution < 1.29 is 8.42 Å². The number of nitrogens with one attached hydrogen (secondary N) is 2. The van der Waals surface area contributed by atoms with Crippen molar-refractivity contribution in [2.75, 3.05) is 18.1 Å². The number of sulfonamides is 1. The second kappa shape index (κ2) is 7.63. The van der Waals surface area contributed by atoms with Gasteiger partial charge in [0.15, 0.2) is 0 Å². The van der Waals surface area contributed by atoms with Crippen LogP contribution in [0.1, 0.15) is 25.8 Å². The molecular weight excluding hydrogens is 304 g/mol. The fourth-order valence-corrected chi connectivity index (χ4v) is 4.56. The molecule has 6 heteroatoms. The molecule has 1 unspecified atom stereocenters. The number of rotatable bonds is 7. The monoisotopic (exact) mass is 328 g/mol. The van der Waals surface area contributed by atoms with Gasteiger partial charge in [0.2, 0.25) is 10.0 Å². The molecule has 1 heterocycles. The fourth-order valence-electron chi connectivity index (χ4n) is 2.16. The summed E-state index contributed by atoms with van der Waals surface area (Å²) in [6.45, 7) is 5.48. The van der Waals surface area contributed by atoms with E-state index in [1.165, 1.54) is 0 Å². The summed E-state index contributed by atoms with van der Waals surface area (Å²) < 4.78 is 27.2. The maximum atomic E-state index is 12.2. The maximum absolute atomic E-state index is 12.2. The van der Waals surface area contributed by atoms with Crippen LogP contribution < -0.4 is 10.0 Å².